The minimum absolute atomic E-state index is 0.0698. The lowest BCUT2D eigenvalue weighted by molar-refractivity contribution is -0.119. The van der Waals surface area contributed by atoms with Crippen molar-refractivity contribution < 1.29 is 23.8 Å². The fourth-order valence-electron chi connectivity index (χ4n) is 3.59. The lowest BCUT2D eigenvalue weighted by Crippen LogP contribution is -2.31. The molecule has 9 heteroatoms. The maximum absolute atomic E-state index is 14.9. The zero-order chi connectivity index (χ0) is 23.4. The Kier molecular flexibility index (Phi) is 6.77. The van der Waals surface area contributed by atoms with Crippen LogP contribution in [0.1, 0.15) is 19.5 Å². The van der Waals surface area contributed by atoms with Crippen LogP contribution in [0.15, 0.2) is 47.3 Å². The minimum atomic E-state index is -1.27. The van der Waals surface area contributed by atoms with E-state index < -0.39 is 17.8 Å². The van der Waals surface area contributed by atoms with Crippen molar-refractivity contribution in [3.63, 3.8) is 0 Å². The first-order valence-electron chi connectivity index (χ1n) is 10.0. The van der Waals surface area contributed by atoms with Gasteiger partial charge in [-0.1, -0.05) is 32.0 Å². The third-order valence-corrected chi connectivity index (χ3v) is 4.83. The number of pyridine rings is 1. The highest BCUT2D eigenvalue weighted by Gasteiger charge is 2.21. The molecule has 0 unspecified atom stereocenters. The van der Waals surface area contributed by atoms with E-state index in [9.17, 15) is 23.9 Å². The molecule has 1 aromatic heterocycles. The summed E-state index contributed by atoms with van der Waals surface area (Å²) in [6.07, 6.45) is -1.27. The molecule has 3 rings (SSSR count). The lowest BCUT2D eigenvalue weighted by Gasteiger charge is -2.22. The number of aromatic nitrogens is 1. The number of nitrogens with zero attached hydrogens (tertiary/aromatic N) is 1. The first-order chi connectivity index (χ1) is 15.2. The van der Waals surface area contributed by atoms with Gasteiger partial charge in [-0.05, 0) is 30.2 Å². The van der Waals surface area contributed by atoms with Crippen molar-refractivity contribution in [1.82, 2.24) is 9.88 Å². The number of carboxylic acid groups (broad SMARTS) is 1. The molecular weight excluding hydrogens is 417 g/mol. The van der Waals surface area contributed by atoms with Crippen molar-refractivity contribution in [2.75, 3.05) is 6.61 Å². The molecular formula is C23H24FN3O5. The number of hydrogen-bond donors (Lipinski definition) is 3. The molecule has 2 amide bonds. The molecule has 32 heavy (non-hydrogen) atoms. The number of amides is 2. The van der Waals surface area contributed by atoms with Crippen LogP contribution in [0.25, 0.3) is 21.9 Å². The highest BCUT2D eigenvalue weighted by Crippen LogP contribution is 2.34. The predicted octanol–water partition coefficient (Wildman–Crippen LogP) is 3.10. The number of carbonyl (C=O) groups is 2. The standard InChI is InChI=1S/C23H24FN3O5/c1-13(2)11-27-19(10-26-23(30)31)21(16-5-3-4-6-18(16)24)17-9-14(32-12-20(25)28)7-8-15(17)22(27)29/h3-9,13,26H,10-12H2,1-2H3,(H2,25,28)(H,30,31). The topological polar surface area (TPSA) is 124 Å². The summed E-state index contributed by atoms with van der Waals surface area (Å²) < 4.78 is 21.8. The summed E-state index contributed by atoms with van der Waals surface area (Å²) in [5.74, 6) is -0.853. The molecule has 0 fully saturated rings. The van der Waals surface area contributed by atoms with E-state index in [4.69, 9.17) is 10.5 Å². The van der Waals surface area contributed by atoms with Crippen molar-refractivity contribution in [2.45, 2.75) is 26.9 Å². The van der Waals surface area contributed by atoms with E-state index in [0.717, 1.165) is 0 Å². The second kappa shape index (κ2) is 9.51. The molecule has 0 aliphatic rings. The summed E-state index contributed by atoms with van der Waals surface area (Å²) in [7, 11) is 0. The molecule has 0 aliphatic heterocycles. The van der Waals surface area contributed by atoms with E-state index in [0.29, 0.717) is 28.6 Å². The van der Waals surface area contributed by atoms with Gasteiger partial charge < -0.3 is 25.5 Å². The molecule has 8 nitrogen and oxygen atoms in total. The quantitative estimate of drug-likeness (QED) is 0.496. The Balaban J connectivity index is 2.40. The minimum Gasteiger partial charge on any atom is -0.484 e. The summed E-state index contributed by atoms with van der Waals surface area (Å²) >= 11 is 0. The number of ether oxygens (including phenoxy) is 1. The van der Waals surface area contributed by atoms with Crippen LogP contribution in [0.5, 0.6) is 5.75 Å². The highest BCUT2D eigenvalue weighted by molar-refractivity contribution is 5.98. The second-order valence-corrected chi connectivity index (χ2v) is 7.73. The van der Waals surface area contributed by atoms with Gasteiger partial charge in [0.2, 0.25) is 0 Å². The van der Waals surface area contributed by atoms with Gasteiger partial charge in [-0.15, -0.1) is 0 Å². The molecule has 0 atom stereocenters. The first kappa shape index (κ1) is 22.8. The number of rotatable bonds is 8. The summed E-state index contributed by atoms with van der Waals surface area (Å²) in [5.41, 5.74) is 5.72. The van der Waals surface area contributed by atoms with E-state index in [1.165, 1.54) is 22.8 Å². The number of benzene rings is 2. The molecule has 0 spiro atoms. The molecule has 0 aliphatic carbocycles. The molecule has 4 N–H and O–H groups in total. The maximum atomic E-state index is 14.9. The van der Waals surface area contributed by atoms with Crippen LogP contribution in [-0.4, -0.2) is 28.3 Å². The normalized spacial score (nSPS) is 11.0. The monoisotopic (exact) mass is 441 g/mol. The molecule has 0 bridgehead atoms. The van der Waals surface area contributed by atoms with Gasteiger partial charge in [0.05, 0.1) is 6.54 Å². The molecule has 168 valence electrons. The Hall–Kier alpha value is -3.88. The number of halogens is 1. The lowest BCUT2D eigenvalue weighted by atomic mass is 9.95. The SMILES string of the molecule is CC(C)Cn1c(CNC(=O)O)c(-c2ccccc2F)c2cc(OCC(N)=O)ccc2c1=O. The van der Waals surface area contributed by atoms with Gasteiger partial charge in [0.15, 0.2) is 6.61 Å². The highest BCUT2D eigenvalue weighted by atomic mass is 19.1. The van der Waals surface area contributed by atoms with Crippen LogP contribution in [-0.2, 0) is 17.9 Å². The Morgan fingerprint density at radius 2 is 1.91 bits per heavy atom. The Labute approximate surface area is 183 Å². The van der Waals surface area contributed by atoms with Crippen molar-refractivity contribution in [3.8, 4) is 16.9 Å². The molecule has 0 saturated heterocycles. The van der Waals surface area contributed by atoms with Crippen molar-refractivity contribution in [3.05, 3.63) is 64.3 Å². The van der Waals surface area contributed by atoms with Crippen LogP contribution in [0.3, 0.4) is 0 Å². The van der Waals surface area contributed by atoms with Gasteiger partial charge in [0, 0.05) is 34.1 Å². The largest absolute Gasteiger partial charge is 0.484 e. The summed E-state index contributed by atoms with van der Waals surface area (Å²) in [6, 6.07) is 10.7. The van der Waals surface area contributed by atoms with E-state index >= 15 is 0 Å². The third-order valence-electron chi connectivity index (χ3n) is 4.83. The van der Waals surface area contributed by atoms with E-state index in [-0.39, 0.29) is 35.9 Å². The maximum Gasteiger partial charge on any atom is 0.404 e. The van der Waals surface area contributed by atoms with Crippen LogP contribution < -0.4 is 21.3 Å². The van der Waals surface area contributed by atoms with Gasteiger partial charge in [-0.3, -0.25) is 9.59 Å². The fraction of sp³-hybridized carbons (Fsp3) is 0.261. The Morgan fingerprint density at radius 1 is 1.19 bits per heavy atom. The van der Waals surface area contributed by atoms with Gasteiger partial charge >= 0.3 is 6.09 Å². The molecule has 0 radical (unpaired) electrons. The van der Waals surface area contributed by atoms with Gasteiger partial charge in [0.1, 0.15) is 11.6 Å². The Bertz CT molecular complexity index is 1240. The van der Waals surface area contributed by atoms with Gasteiger partial charge in [-0.2, -0.15) is 0 Å². The van der Waals surface area contributed by atoms with E-state index in [2.05, 4.69) is 5.32 Å². The first-order valence-corrected chi connectivity index (χ1v) is 10.0. The van der Waals surface area contributed by atoms with Crippen LogP contribution in [0, 0.1) is 11.7 Å². The average Bonchev–Trinajstić information content (AvgIpc) is 2.73. The van der Waals surface area contributed by atoms with E-state index in [1.807, 2.05) is 13.8 Å². The summed E-state index contributed by atoms with van der Waals surface area (Å²) in [4.78, 5) is 35.7. The molecule has 1 heterocycles. The Morgan fingerprint density at radius 3 is 2.53 bits per heavy atom. The van der Waals surface area contributed by atoms with Crippen LogP contribution in [0.4, 0.5) is 9.18 Å². The molecule has 2 aromatic carbocycles. The van der Waals surface area contributed by atoms with Crippen molar-refractivity contribution in [1.29, 1.82) is 0 Å². The zero-order valence-corrected chi connectivity index (χ0v) is 17.7. The predicted molar refractivity (Wildman–Crippen MR) is 118 cm³/mol. The van der Waals surface area contributed by atoms with Gasteiger partial charge in [0.25, 0.3) is 11.5 Å². The average molecular weight is 441 g/mol. The van der Waals surface area contributed by atoms with E-state index in [1.54, 1.807) is 24.3 Å². The van der Waals surface area contributed by atoms with Crippen molar-refractivity contribution in [2.24, 2.45) is 11.7 Å². The molecule has 0 saturated carbocycles. The summed E-state index contributed by atoms with van der Waals surface area (Å²) in [6.45, 7) is 3.59. The van der Waals surface area contributed by atoms with Crippen LogP contribution in [0.2, 0.25) is 0 Å². The number of primary amides is 1. The number of nitrogens with one attached hydrogen (secondary N) is 1. The zero-order valence-electron chi connectivity index (χ0n) is 17.7. The number of hydrogen-bond acceptors (Lipinski definition) is 4. The van der Waals surface area contributed by atoms with Crippen molar-refractivity contribution >= 4 is 22.8 Å². The number of nitrogens with two attached hydrogens (primary N) is 1. The fourth-order valence-corrected chi connectivity index (χ4v) is 3.59. The second-order valence-electron chi connectivity index (χ2n) is 7.73. The van der Waals surface area contributed by atoms with Gasteiger partial charge in [-0.25, -0.2) is 9.18 Å². The van der Waals surface area contributed by atoms with Crippen LogP contribution >= 0.6 is 0 Å². The summed E-state index contributed by atoms with van der Waals surface area (Å²) in [5, 5.41) is 12.2. The third kappa shape index (κ3) is 4.88. The number of fused-ring (bicyclic) bond motifs is 1. The number of carbonyl (C=O) groups excluding carboxylic acids is 1. The smallest absolute Gasteiger partial charge is 0.404 e. The molecule has 3 aromatic rings.